The van der Waals surface area contributed by atoms with Gasteiger partial charge >= 0.3 is 0 Å². The molecule has 0 radical (unpaired) electrons. The quantitative estimate of drug-likeness (QED) is 0.210. The molecule has 0 saturated heterocycles. The lowest BCUT2D eigenvalue weighted by Crippen LogP contribution is -2.40. The Balaban J connectivity index is 1.46. The molecule has 0 bridgehead atoms. The highest BCUT2D eigenvalue weighted by Gasteiger charge is 2.27. The summed E-state index contributed by atoms with van der Waals surface area (Å²) in [5.74, 6) is 0.718. The molecule has 1 aliphatic carbocycles. The number of primary amides is 1. The molecule has 1 aliphatic rings. The number of quaternary nitrogens is 1. The molecule has 5 N–H and O–H groups in total. The average Bonchev–Trinajstić information content (AvgIpc) is 3.65. The number of aromatic nitrogens is 4. The van der Waals surface area contributed by atoms with Gasteiger partial charge in [0, 0.05) is 36.0 Å². The molecule has 39 heavy (non-hydrogen) atoms. The minimum Gasteiger partial charge on any atom is -0.366 e. The van der Waals surface area contributed by atoms with Gasteiger partial charge in [0.15, 0.2) is 17.5 Å². The van der Waals surface area contributed by atoms with E-state index in [4.69, 9.17) is 5.73 Å². The summed E-state index contributed by atoms with van der Waals surface area (Å²) in [6.07, 6.45) is 3.66. The first-order valence-corrected chi connectivity index (χ1v) is 12.7. The van der Waals surface area contributed by atoms with Crippen LogP contribution >= 0.6 is 0 Å². The maximum Gasteiger partial charge on any atom is 0.250 e. The summed E-state index contributed by atoms with van der Waals surface area (Å²) >= 11 is 0. The van der Waals surface area contributed by atoms with Gasteiger partial charge in [-0.2, -0.15) is 5.10 Å². The summed E-state index contributed by atoms with van der Waals surface area (Å²) in [5, 5.41) is 13.6. The largest absolute Gasteiger partial charge is 0.366 e. The molecular formula is C28H31F2N8O+. The van der Waals surface area contributed by atoms with Gasteiger partial charge in [-0.1, -0.05) is 12.1 Å². The standard InChI is InChI=1S/C28H30F2N8O/c1-16(17-6-9-21(29)10-7-17)33-27-20(15-38(2,3)25-11-8-19(14-32-25)26(31)39)12-22(30)28(35-27)34-24-13-23(36-37-24)18-4-5-18/h6-14,16,18H,4-5,15H2,1-3H3,(H4-,31,33,34,35,36,37,39)/p+1. The van der Waals surface area contributed by atoms with Crippen LogP contribution in [0.1, 0.15) is 58.9 Å². The summed E-state index contributed by atoms with van der Waals surface area (Å²) < 4.78 is 29.2. The van der Waals surface area contributed by atoms with E-state index in [9.17, 15) is 9.18 Å². The van der Waals surface area contributed by atoms with Crippen LogP contribution < -0.4 is 20.9 Å². The number of pyridine rings is 2. The first-order valence-electron chi connectivity index (χ1n) is 12.7. The lowest BCUT2D eigenvalue weighted by atomic mass is 10.1. The number of rotatable bonds is 10. The fourth-order valence-electron chi connectivity index (χ4n) is 4.42. The highest BCUT2D eigenvalue weighted by Crippen LogP contribution is 2.40. The number of anilines is 3. The first kappa shape index (κ1) is 26.2. The minimum absolute atomic E-state index is 0.0376. The fraction of sp³-hybridized carbons (Fsp3) is 0.286. The SMILES string of the molecule is CC(Nc1nc(Nc2cc(C3CC3)[nH]n2)c(F)cc1C[N+](C)(C)c1ccc(C(N)=O)cn1)c1ccc(F)cc1. The third kappa shape index (κ3) is 6.04. The Bertz CT molecular complexity index is 1480. The monoisotopic (exact) mass is 533 g/mol. The topological polar surface area (TPSA) is 122 Å². The van der Waals surface area contributed by atoms with Crippen molar-refractivity contribution >= 4 is 29.2 Å². The van der Waals surface area contributed by atoms with Crippen LogP contribution in [0.3, 0.4) is 0 Å². The van der Waals surface area contributed by atoms with Crippen molar-refractivity contribution in [2.45, 2.75) is 38.3 Å². The number of amides is 1. The second-order valence-electron chi connectivity index (χ2n) is 10.5. The van der Waals surface area contributed by atoms with Crippen LogP contribution in [0, 0.1) is 11.6 Å². The van der Waals surface area contributed by atoms with E-state index in [2.05, 4.69) is 30.8 Å². The lowest BCUT2D eigenvalue weighted by Gasteiger charge is -2.29. The second-order valence-corrected chi connectivity index (χ2v) is 10.5. The molecular weight excluding hydrogens is 502 g/mol. The molecule has 1 amide bonds. The lowest BCUT2D eigenvalue weighted by molar-refractivity contribution is 0.1000. The van der Waals surface area contributed by atoms with Crippen molar-refractivity contribution in [3.63, 3.8) is 0 Å². The maximum absolute atomic E-state index is 15.4. The van der Waals surface area contributed by atoms with Crippen molar-refractivity contribution in [1.82, 2.24) is 24.6 Å². The Morgan fingerprint density at radius 1 is 1.13 bits per heavy atom. The van der Waals surface area contributed by atoms with Crippen molar-refractivity contribution in [2.24, 2.45) is 5.73 Å². The number of nitrogens with zero attached hydrogens (tertiary/aromatic N) is 4. The predicted octanol–water partition coefficient (Wildman–Crippen LogP) is 5.14. The van der Waals surface area contributed by atoms with E-state index in [-0.39, 0.29) is 22.2 Å². The number of aromatic amines is 1. The normalized spacial score (nSPS) is 14.2. The van der Waals surface area contributed by atoms with Crippen molar-refractivity contribution in [3.8, 4) is 0 Å². The van der Waals surface area contributed by atoms with E-state index in [0.29, 0.717) is 41.0 Å². The van der Waals surface area contributed by atoms with Gasteiger partial charge in [0.2, 0.25) is 11.7 Å². The molecule has 5 rings (SSSR count). The third-order valence-corrected chi connectivity index (χ3v) is 6.86. The number of carbonyl (C=O) groups is 1. The van der Waals surface area contributed by atoms with Gasteiger partial charge in [0.05, 0.1) is 25.2 Å². The zero-order chi connectivity index (χ0) is 27.7. The molecule has 11 heteroatoms. The number of hydrogen-bond acceptors (Lipinski definition) is 6. The predicted molar refractivity (Wildman–Crippen MR) is 147 cm³/mol. The molecule has 1 unspecified atom stereocenters. The van der Waals surface area contributed by atoms with Crippen molar-refractivity contribution in [3.05, 3.63) is 88.7 Å². The summed E-state index contributed by atoms with van der Waals surface area (Å²) in [5.41, 5.74) is 8.13. The highest BCUT2D eigenvalue weighted by molar-refractivity contribution is 5.92. The van der Waals surface area contributed by atoms with Crippen molar-refractivity contribution in [2.75, 3.05) is 24.7 Å². The van der Waals surface area contributed by atoms with E-state index >= 15 is 4.39 Å². The molecule has 1 fully saturated rings. The Hall–Kier alpha value is -4.38. The van der Waals surface area contributed by atoms with Crippen LogP contribution in [0.2, 0.25) is 0 Å². The van der Waals surface area contributed by atoms with Crippen LogP contribution in [0.25, 0.3) is 0 Å². The summed E-state index contributed by atoms with van der Waals surface area (Å²) in [4.78, 5) is 20.5. The molecule has 3 aromatic heterocycles. The number of halogens is 2. The molecule has 1 atom stereocenters. The van der Waals surface area contributed by atoms with Gasteiger partial charge in [0.25, 0.3) is 0 Å². The molecule has 1 saturated carbocycles. The van der Waals surface area contributed by atoms with Crippen molar-refractivity contribution < 1.29 is 13.6 Å². The highest BCUT2D eigenvalue weighted by atomic mass is 19.1. The number of nitrogens with two attached hydrogens (primary N) is 1. The van der Waals surface area contributed by atoms with E-state index in [1.54, 1.807) is 24.3 Å². The molecule has 0 spiro atoms. The Kier molecular flexibility index (Phi) is 7.00. The smallest absolute Gasteiger partial charge is 0.250 e. The van der Waals surface area contributed by atoms with Gasteiger partial charge < -0.3 is 16.4 Å². The van der Waals surface area contributed by atoms with Gasteiger partial charge in [-0.15, -0.1) is 0 Å². The zero-order valence-electron chi connectivity index (χ0n) is 22.0. The number of hydrogen-bond donors (Lipinski definition) is 4. The van der Waals surface area contributed by atoms with Gasteiger partial charge in [-0.05, 0) is 49.6 Å². The minimum atomic E-state index is -0.559. The summed E-state index contributed by atoms with van der Waals surface area (Å²) in [6.45, 7) is 2.26. The Morgan fingerprint density at radius 2 is 1.87 bits per heavy atom. The number of benzene rings is 1. The fourth-order valence-corrected chi connectivity index (χ4v) is 4.42. The maximum atomic E-state index is 15.4. The number of carbonyl (C=O) groups excluding carboxylic acids is 1. The molecule has 4 aromatic rings. The van der Waals surface area contributed by atoms with Crippen LogP contribution in [0.4, 0.5) is 32.1 Å². The Morgan fingerprint density at radius 3 is 2.51 bits per heavy atom. The number of H-pyrrole nitrogens is 1. The van der Waals surface area contributed by atoms with Gasteiger partial charge in [0.1, 0.15) is 18.2 Å². The van der Waals surface area contributed by atoms with Crippen LogP contribution in [0.15, 0.2) is 54.7 Å². The summed E-state index contributed by atoms with van der Waals surface area (Å²) in [6, 6.07) is 12.6. The van der Waals surface area contributed by atoms with E-state index < -0.39 is 11.7 Å². The second kappa shape index (κ2) is 10.4. The third-order valence-electron chi connectivity index (χ3n) is 6.86. The van der Waals surface area contributed by atoms with E-state index in [0.717, 1.165) is 24.1 Å². The van der Waals surface area contributed by atoms with Crippen LogP contribution in [0.5, 0.6) is 0 Å². The van der Waals surface area contributed by atoms with E-state index in [1.165, 1.54) is 24.4 Å². The van der Waals surface area contributed by atoms with Crippen molar-refractivity contribution in [1.29, 1.82) is 0 Å². The first-order chi connectivity index (χ1) is 18.6. The molecule has 0 aliphatic heterocycles. The van der Waals surface area contributed by atoms with Gasteiger partial charge in [-0.25, -0.2) is 18.7 Å². The molecule has 3 heterocycles. The molecule has 9 nitrogen and oxygen atoms in total. The van der Waals surface area contributed by atoms with Gasteiger partial charge in [-0.3, -0.25) is 14.4 Å². The Labute approximate surface area is 225 Å². The molecule has 202 valence electrons. The number of nitrogens with one attached hydrogen (secondary N) is 3. The summed E-state index contributed by atoms with van der Waals surface area (Å²) in [7, 11) is 3.85. The average molecular weight is 534 g/mol. The van der Waals surface area contributed by atoms with E-state index in [1.807, 2.05) is 27.1 Å². The molecule has 1 aromatic carbocycles. The van der Waals surface area contributed by atoms with Crippen LogP contribution in [-0.4, -0.2) is 40.2 Å². The zero-order valence-corrected chi connectivity index (χ0v) is 22.0. The van der Waals surface area contributed by atoms with Crippen LogP contribution in [-0.2, 0) is 6.54 Å².